The fourth-order valence-corrected chi connectivity index (χ4v) is 2.13. The van der Waals surface area contributed by atoms with Crippen LogP contribution in [0.15, 0.2) is 24.3 Å². The second-order valence-electron chi connectivity index (χ2n) is 4.96. The molecule has 106 valence electrons. The summed E-state index contributed by atoms with van der Waals surface area (Å²) in [5.74, 6) is 0.286. The maximum Gasteiger partial charge on any atom is 0.227 e. The molecule has 0 aliphatic heterocycles. The van der Waals surface area contributed by atoms with Gasteiger partial charge in [-0.1, -0.05) is 38.8 Å². The third-order valence-electron chi connectivity index (χ3n) is 3.37. The first kappa shape index (κ1) is 15.7. The van der Waals surface area contributed by atoms with Crippen LogP contribution in [0.4, 0.5) is 5.69 Å². The molecular formula is C16H26N2O. The number of hydrogen-bond donors (Lipinski definition) is 2. The van der Waals surface area contributed by atoms with E-state index in [1.54, 1.807) is 0 Å². The van der Waals surface area contributed by atoms with E-state index >= 15 is 0 Å². The molecule has 0 saturated heterocycles. The highest BCUT2D eigenvalue weighted by molar-refractivity contribution is 5.92. The third kappa shape index (κ3) is 5.43. The molecule has 2 N–H and O–H groups in total. The average molecular weight is 262 g/mol. The van der Waals surface area contributed by atoms with Crippen molar-refractivity contribution in [2.75, 3.05) is 12.4 Å². The summed E-state index contributed by atoms with van der Waals surface area (Å²) in [5.41, 5.74) is 2.11. The van der Waals surface area contributed by atoms with Gasteiger partial charge in [0.25, 0.3) is 0 Å². The van der Waals surface area contributed by atoms with Crippen molar-refractivity contribution in [3.63, 3.8) is 0 Å². The Morgan fingerprint density at radius 1 is 1.21 bits per heavy atom. The monoisotopic (exact) mass is 262 g/mol. The van der Waals surface area contributed by atoms with Crippen molar-refractivity contribution in [3.8, 4) is 0 Å². The summed E-state index contributed by atoms with van der Waals surface area (Å²) >= 11 is 0. The lowest BCUT2D eigenvalue weighted by molar-refractivity contribution is -0.120. The summed E-state index contributed by atoms with van der Waals surface area (Å²) in [5, 5.41) is 6.12. The highest BCUT2D eigenvalue weighted by atomic mass is 16.1. The van der Waals surface area contributed by atoms with Crippen molar-refractivity contribution in [2.45, 2.75) is 46.1 Å². The first-order chi connectivity index (χ1) is 9.21. The maximum atomic E-state index is 12.1. The van der Waals surface area contributed by atoms with Gasteiger partial charge in [-0.2, -0.15) is 0 Å². The van der Waals surface area contributed by atoms with Crippen molar-refractivity contribution >= 4 is 11.6 Å². The molecule has 3 nitrogen and oxygen atoms in total. The van der Waals surface area contributed by atoms with Gasteiger partial charge in [0, 0.05) is 18.2 Å². The molecule has 0 aromatic heterocycles. The number of benzene rings is 1. The van der Waals surface area contributed by atoms with E-state index in [-0.39, 0.29) is 11.8 Å². The number of nitrogens with one attached hydrogen (secondary N) is 2. The molecule has 3 heteroatoms. The molecule has 1 amide bonds. The fourth-order valence-electron chi connectivity index (χ4n) is 2.13. The van der Waals surface area contributed by atoms with Gasteiger partial charge in [-0.05, 0) is 37.6 Å². The molecule has 0 fully saturated rings. The Balaban J connectivity index is 2.54. The number of unbranched alkanes of at least 4 members (excludes halogenated alkanes) is 1. The van der Waals surface area contributed by atoms with Crippen molar-refractivity contribution in [1.82, 2.24) is 5.32 Å². The van der Waals surface area contributed by atoms with E-state index in [2.05, 4.69) is 24.5 Å². The Morgan fingerprint density at radius 3 is 2.42 bits per heavy atom. The van der Waals surface area contributed by atoms with Gasteiger partial charge in [-0.3, -0.25) is 4.79 Å². The van der Waals surface area contributed by atoms with Crippen molar-refractivity contribution in [2.24, 2.45) is 5.92 Å². The number of anilines is 1. The van der Waals surface area contributed by atoms with Gasteiger partial charge < -0.3 is 10.6 Å². The highest BCUT2D eigenvalue weighted by Gasteiger charge is 2.15. The van der Waals surface area contributed by atoms with Crippen LogP contribution in [0.1, 0.15) is 45.1 Å². The summed E-state index contributed by atoms with van der Waals surface area (Å²) in [6.45, 7) is 5.09. The van der Waals surface area contributed by atoms with Crippen LogP contribution >= 0.6 is 0 Å². The van der Waals surface area contributed by atoms with Crippen LogP contribution in [0.2, 0.25) is 0 Å². The van der Waals surface area contributed by atoms with Crippen LogP contribution in [-0.2, 0) is 11.3 Å². The van der Waals surface area contributed by atoms with Crippen LogP contribution in [0.25, 0.3) is 0 Å². The smallest absolute Gasteiger partial charge is 0.227 e. The van der Waals surface area contributed by atoms with E-state index in [0.29, 0.717) is 0 Å². The van der Waals surface area contributed by atoms with Crippen molar-refractivity contribution in [3.05, 3.63) is 29.8 Å². The summed E-state index contributed by atoms with van der Waals surface area (Å²) in [6.07, 6.45) is 4.15. The van der Waals surface area contributed by atoms with E-state index < -0.39 is 0 Å². The van der Waals surface area contributed by atoms with E-state index in [1.165, 1.54) is 5.56 Å². The molecule has 1 aromatic rings. The lowest BCUT2D eigenvalue weighted by atomic mass is 9.98. The number of carbonyl (C=O) groups is 1. The van der Waals surface area contributed by atoms with E-state index in [9.17, 15) is 4.79 Å². The van der Waals surface area contributed by atoms with Crippen LogP contribution < -0.4 is 10.6 Å². The topological polar surface area (TPSA) is 41.1 Å². The SMILES string of the molecule is CCCCC(CC)C(=O)Nc1ccc(CNC)cc1. The quantitative estimate of drug-likeness (QED) is 0.752. The maximum absolute atomic E-state index is 12.1. The summed E-state index contributed by atoms with van der Waals surface area (Å²) in [6, 6.07) is 8.02. The predicted molar refractivity (Wildman–Crippen MR) is 81.1 cm³/mol. The summed E-state index contributed by atoms with van der Waals surface area (Å²) in [4.78, 5) is 12.1. The fraction of sp³-hybridized carbons (Fsp3) is 0.562. The molecule has 0 radical (unpaired) electrons. The van der Waals surface area contributed by atoms with Gasteiger partial charge in [0.2, 0.25) is 5.91 Å². The van der Waals surface area contributed by atoms with Gasteiger partial charge in [0.1, 0.15) is 0 Å². The minimum absolute atomic E-state index is 0.136. The molecule has 0 aliphatic carbocycles. The Kier molecular flexibility index (Phi) is 7.19. The molecule has 1 atom stereocenters. The minimum atomic E-state index is 0.136. The molecule has 0 saturated carbocycles. The normalized spacial score (nSPS) is 12.2. The Bertz CT molecular complexity index is 373. The van der Waals surface area contributed by atoms with E-state index in [4.69, 9.17) is 0 Å². The van der Waals surface area contributed by atoms with Crippen LogP contribution in [0.3, 0.4) is 0 Å². The first-order valence-corrected chi connectivity index (χ1v) is 7.25. The summed E-state index contributed by atoms with van der Waals surface area (Å²) < 4.78 is 0. The van der Waals surface area contributed by atoms with E-state index in [1.807, 2.05) is 31.3 Å². The van der Waals surface area contributed by atoms with E-state index in [0.717, 1.165) is 37.9 Å². The lowest BCUT2D eigenvalue weighted by Crippen LogP contribution is -2.22. The van der Waals surface area contributed by atoms with Crippen LogP contribution in [-0.4, -0.2) is 13.0 Å². The van der Waals surface area contributed by atoms with Gasteiger partial charge in [0.05, 0.1) is 0 Å². The molecule has 1 aromatic carbocycles. The Labute approximate surface area is 116 Å². The Morgan fingerprint density at radius 2 is 1.89 bits per heavy atom. The number of carbonyl (C=O) groups excluding carboxylic acids is 1. The zero-order chi connectivity index (χ0) is 14.1. The van der Waals surface area contributed by atoms with Gasteiger partial charge in [-0.25, -0.2) is 0 Å². The molecule has 0 heterocycles. The molecule has 0 aliphatic rings. The molecule has 0 bridgehead atoms. The zero-order valence-corrected chi connectivity index (χ0v) is 12.3. The molecule has 1 unspecified atom stereocenters. The second kappa shape index (κ2) is 8.70. The predicted octanol–water partition coefficient (Wildman–Crippen LogP) is 3.56. The Hall–Kier alpha value is -1.35. The molecule has 19 heavy (non-hydrogen) atoms. The van der Waals surface area contributed by atoms with Crippen LogP contribution in [0, 0.1) is 5.92 Å². The van der Waals surface area contributed by atoms with Crippen LogP contribution in [0.5, 0.6) is 0 Å². The van der Waals surface area contributed by atoms with Crippen molar-refractivity contribution < 1.29 is 4.79 Å². The lowest BCUT2D eigenvalue weighted by Gasteiger charge is -2.14. The number of hydrogen-bond acceptors (Lipinski definition) is 2. The molecule has 0 spiro atoms. The van der Waals surface area contributed by atoms with Gasteiger partial charge in [-0.15, -0.1) is 0 Å². The second-order valence-corrected chi connectivity index (χ2v) is 4.96. The number of rotatable bonds is 8. The van der Waals surface area contributed by atoms with Gasteiger partial charge >= 0.3 is 0 Å². The molecular weight excluding hydrogens is 236 g/mol. The highest BCUT2D eigenvalue weighted by Crippen LogP contribution is 2.16. The summed E-state index contributed by atoms with van der Waals surface area (Å²) in [7, 11) is 1.93. The first-order valence-electron chi connectivity index (χ1n) is 7.25. The van der Waals surface area contributed by atoms with Gasteiger partial charge in [0.15, 0.2) is 0 Å². The zero-order valence-electron chi connectivity index (χ0n) is 12.3. The standard InChI is InChI=1S/C16H26N2O/c1-4-6-7-14(5-2)16(19)18-15-10-8-13(9-11-15)12-17-3/h8-11,14,17H,4-7,12H2,1-3H3,(H,18,19). The van der Waals surface area contributed by atoms with Crippen molar-refractivity contribution in [1.29, 1.82) is 0 Å². The average Bonchev–Trinajstić information content (AvgIpc) is 2.42. The number of amides is 1. The third-order valence-corrected chi connectivity index (χ3v) is 3.37. The molecule has 1 rings (SSSR count). The largest absolute Gasteiger partial charge is 0.326 e. The minimum Gasteiger partial charge on any atom is -0.326 e.